The SMILES string of the molecule is C=CC[C@@]1(C#N)C(=S)NC(C)=C(C(C)=O)[C@@H]1c1ccccc1[N+](=O)[O-]. The van der Waals surface area contributed by atoms with Crippen LogP contribution in [0.2, 0.25) is 0 Å². The molecule has 0 fully saturated rings. The maximum Gasteiger partial charge on any atom is 0.273 e. The molecule has 1 aliphatic rings. The highest BCUT2D eigenvalue weighted by atomic mass is 32.1. The number of carbonyl (C=O) groups is 1. The number of Topliss-reactive ketones (excluding diaryl/α,β-unsaturated/α-hetero) is 1. The van der Waals surface area contributed by atoms with Gasteiger partial charge in [0.05, 0.1) is 11.0 Å². The lowest BCUT2D eigenvalue weighted by Crippen LogP contribution is -2.48. The zero-order chi connectivity index (χ0) is 18.8. The number of nitro groups is 1. The van der Waals surface area contributed by atoms with Crippen LogP contribution in [0.4, 0.5) is 5.69 Å². The highest BCUT2D eigenvalue weighted by Gasteiger charge is 2.51. The number of nitriles is 1. The van der Waals surface area contributed by atoms with E-state index in [2.05, 4.69) is 18.0 Å². The molecule has 1 aliphatic heterocycles. The maximum atomic E-state index is 12.3. The number of nitro benzene ring substituents is 1. The van der Waals surface area contributed by atoms with Crippen molar-refractivity contribution in [3.8, 4) is 6.07 Å². The van der Waals surface area contributed by atoms with E-state index >= 15 is 0 Å². The van der Waals surface area contributed by atoms with Crippen molar-refractivity contribution in [2.75, 3.05) is 0 Å². The highest BCUT2D eigenvalue weighted by Crippen LogP contribution is 2.50. The van der Waals surface area contributed by atoms with Crippen LogP contribution in [-0.4, -0.2) is 15.7 Å². The highest BCUT2D eigenvalue weighted by molar-refractivity contribution is 7.80. The number of rotatable bonds is 5. The van der Waals surface area contributed by atoms with E-state index in [-0.39, 0.29) is 22.9 Å². The first-order valence-corrected chi connectivity index (χ1v) is 7.99. The van der Waals surface area contributed by atoms with E-state index in [0.717, 1.165) is 0 Å². The number of ketones is 1. The molecule has 1 aromatic rings. The van der Waals surface area contributed by atoms with E-state index in [9.17, 15) is 20.2 Å². The molecule has 128 valence electrons. The summed E-state index contributed by atoms with van der Waals surface area (Å²) >= 11 is 5.41. The van der Waals surface area contributed by atoms with Gasteiger partial charge in [0, 0.05) is 28.8 Å². The third-order valence-corrected chi connectivity index (χ3v) is 4.85. The number of thiocarbonyl (C=S) groups is 1. The van der Waals surface area contributed by atoms with Crippen molar-refractivity contribution in [1.29, 1.82) is 5.26 Å². The number of hydrogen-bond acceptors (Lipinski definition) is 5. The summed E-state index contributed by atoms with van der Waals surface area (Å²) in [7, 11) is 0. The summed E-state index contributed by atoms with van der Waals surface area (Å²) in [5.41, 5.74) is -0.331. The Morgan fingerprint density at radius 1 is 1.56 bits per heavy atom. The molecule has 0 spiro atoms. The molecule has 2 atom stereocenters. The molecule has 25 heavy (non-hydrogen) atoms. The summed E-state index contributed by atoms with van der Waals surface area (Å²) in [6.07, 6.45) is 1.70. The summed E-state index contributed by atoms with van der Waals surface area (Å²) in [6, 6.07) is 8.34. The van der Waals surface area contributed by atoms with Crippen LogP contribution in [0.3, 0.4) is 0 Å². The summed E-state index contributed by atoms with van der Waals surface area (Å²) in [5.74, 6) is -1.11. The lowest BCUT2D eigenvalue weighted by molar-refractivity contribution is -0.385. The van der Waals surface area contributed by atoms with Crippen LogP contribution < -0.4 is 5.32 Å². The van der Waals surface area contributed by atoms with Crippen molar-refractivity contribution >= 4 is 28.7 Å². The van der Waals surface area contributed by atoms with Crippen LogP contribution in [0.5, 0.6) is 0 Å². The Hall–Kier alpha value is -2.85. The van der Waals surface area contributed by atoms with Gasteiger partial charge in [-0.1, -0.05) is 36.5 Å². The molecular formula is C18H17N3O3S. The Kier molecular flexibility index (Phi) is 5.14. The molecule has 1 N–H and O–H groups in total. The van der Waals surface area contributed by atoms with Crippen LogP contribution in [-0.2, 0) is 4.79 Å². The molecule has 7 heteroatoms. The van der Waals surface area contributed by atoms with Crippen molar-refractivity contribution in [3.05, 3.63) is 63.9 Å². The third kappa shape index (κ3) is 2.96. The van der Waals surface area contributed by atoms with E-state index in [4.69, 9.17) is 12.2 Å². The lowest BCUT2D eigenvalue weighted by Gasteiger charge is -2.41. The van der Waals surface area contributed by atoms with Gasteiger partial charge in [-0.2, -0.15) is 5.26 Å². The summed E-state index contributed by atoms with van der Waals surface area (Å²) in [6.45, 7) is 6.75. The maximum absolute atomic E-state index is 12.3. The fraction of sp³-hybridized carbons (Fsp3) is 0.278. The number of nitrogens with zero attached hydrogens (tertiary/aromatic N) is 2. The van der Waals surface area contributed by atoms with Crippen LogP contribution in [0.1, 0.15) is 31.7 Å². The fourth-order valence-corrected chi connectivity index (χ4v) is 3.73. The quantitative estimate of drug-likeness (QED) is 0.375. The van der Waals surface area contributed by atoms with E-state index in [1.54, 1.807) is 25.1 Å². The van der Waals surface area contributed by atoms with E-state index in [0.29, 0.717) is 16.8 Å². The van der Waals surface area contributed by atoms with Gasteiger partial charge in [-0.25, -0.2) is 0 Å². The average molecular weight is 355 g/mol. The number of hydrogen-bond donors (Lipinski definition) is 1. The molecule has 0 aromatic heterocycles. The molecule has 0 unspecified atom stereocenters. The number of para-hydroxylation sites is 1. The zero-order valence-corrected chi connectivity index (χ0v) is 14.7. The first kappa shape index (κ1) is 18.5. The van der Waals surface area contributed by atoms with Crippen molar-refractivity contribution in [2.24, 2.45) is 5.41 Å². The van der Waals surface area contributed by atoms with Gasteiger partial charge in [0.15, 0.2) is 5.78 Å². The third-order valence-electron chi connectivity index (χ3n) is 4.38. The Labute approximate surface area is 151 Å². The number of carbonyl (C=O) groups excluding carboxylic acids is 1. The monoisotopic (exact) mass is 355 g/mol. The molecule has 0 saturated heterocycles. The van der Waals surface area contributed by atoms with Gasteiger partial charge in [-0.15, -0.1) is 6.58 Å². The van der Waals surface area contributed by atoms with Crippen molar-refractivity contribution in [2.45, 2.75) is 26.2 Å². The van der Waals surface area contributed by atoms with Gasteiger partial charge in [-0.3, -0.25) is 14.9 Å². The summed E-state index contributed by atoms with van der Waals surface area (Å²) < 4.78 is 0. The Morgan fingerprint density at radius 2 is 2.20 bits per heavy atom. The summed E-state index contributed by atoms with van der Waals surface area (Å²) in [5, 5.41) is 24.4. The second kappa shape index (κ2) is 6.95. The van der Waals surface area contributed by atoms with Crippen LogP contribution in [0.15, 0.2) is 48.2 Å². The molecular weight excluding hydrogens is 338 g/mol. The Balaban J connectivity index is 2.91. The molecule has 0 aliphatic carbocycles. The molecule has 6 nitrogen and oxygen atoms in total. The van der Waals surface area contributed by atoms with Gasteiger partial charge in [-0.05, 0) is 20.3 Å². The number of nitrogens with one attached hydrogen (secondary N) is 1. The Bertz CT molecular complexity index is 853. The molecule has 1 heterocycles. The standard InChI is InChI=1S/C18H17N3O3S/c1-4-9-18(10-19)16(13-7-5-6-8-14(13)21(23)24)15(12(3)22)11(2)20-17(18)25/h4-8,16H,1,9H2,2-3H3,(H,20,25)/t16-,18-/m0/s1. The lowest BCUT2D eigenvalue weighted by atomic mass is 9.64. The molecule has 0 radical (unpaired) electrons. The van der Waals surface area contributed by atoms with Crippen LogP contribution >= 0.6 is 12.2 Å². The van der Waals surface area contributed by atoms with Gasteiger partial charge in [0.25, 0.3) is 5.69 Å². The average Bonchev–Trinajstić information content (AvgIpc) is 2.56. The predicted octanol–water partition coefficient (Wildman–Crippen LogP) is 3.56. The first-order valence-electron chi connectivity index (χ1n) is 7.58. The number of allylic oxidation sites excluding steroid dienone is 3. The van der Waals surface area contributed by atoms with Gasteiger partial charge in [0.2, 0.25) is 0 Å². The number of benzene rings is 1. The smallest absolute Gasteiger partial charge is 0.273 e. The summed E-state index contributed by atoms with van der Waals surface area (Å²) in [4.78, 5) is 23.6. The van der Waals surface area contributed by atoms with Crippen molar-refractivity contribution in [1.82, 2.24) is 5.32 Å². The van der Waals surface area contributed by atoms with Gasteiger partial charge < -0.3 is 5.32 Å². The van der Waals surface area contributed by atoms with Crippen LogP contribution in [0, 0.1) is 26.9 Å². The predicted molar refractivity (Wildman–Crippen MR) is 97.8 cm³/mol. The van der Waals surface area contributed by atoms with E-state index in [1.807, 2.05) is 0 Å². The van der Waals surface area contributed by atoms with Crippen molar-refractivity contribution in [3.63, 3.8) is 0 Å². The minimum Gasteiger partial charge on any atom is -0.352 e. The molecule has 0 bridgehead atoms. The molecule has 0 saturated carbocycles. The fourth-order valence-electron chi connectivity index (χ4n) is 3.33. The normalized spacial score (nSPS) is 22.8. The molecule has 2 rings (SSSR count). The largest absolute Gasteiger partial charge is 0.352 e. The topological polar surface area (TPSA) is 96.0 Å². The second-order valence-electron chi connectivity index (χ2n) is 5.87. The first-order chi connectivity index (χ1) is 11.8. The minimum absolute atomic E-state index is 0.146. The van der Waals surface area contributed by atoms with Crippen molar-refractivity contribution < 1.29 is 9.72 Å². The zero-order valence-electron chi connectivity index (χ0n) is 13.9. The van der Waals surface area contributed by atoms with E-state index < -0.39 is 16.3 Å². The van der Waals surface area contributed by atoms with Gasteiger partial charge >= 0.3 is 0 Å². The van der Waals surface area contributed by atoms with Crippen LogP contribution in [0.25, 0.3) is 0 Å². The second-order valence-corrected chi connectivity index (χ2v) is 6.28. The molecule has 0 amide bonds. The van der Waals surface area contributed by atoms with Gasteiger partial charge in [0.1, 0.15) is 10.4 Å². The Morgan fingerprint density at radius 3 is 2.72 bits per heavy atom. The molecule has 1 aromatic carbocycles. The van der Waals surface area contributed by atoms with E-state index in [1.165, 1.54) is 19.1 Å². The minimum atomic E-state index is -1.32.